The van der Waals surface area contributed by atoms with Gasteiger partial charge in [-0.3, -0.25) is 4.79 Å². The number of amides is 1. The van der Waals surface area contributed by atoms with Crippen molar-refractivity contribution in [2.75, 3.05) is 19.8 Å². The molecular weight excluding hydrogens is 217 g/mol. The number of aliphatic hydroxyl groups is 1. The summed E-state index contributed by atoms with van der Waals surface area (Å²) < 4.78 is 19.9. The van der Waals surface area contributed by atoms with E-state index in [1.54, 1.807) is 0 Å². The number of aromatic nitrogens is 2. The maximum Gasteiger partial charge on any atom is 0.275 e. The molecule has 6 nitrogen and oxygen atoms in total. The van der Waals surface area contributed by atoms with E-state index in [0.29, 0.717) is 19.6 Å². The molecule has 2 heterocycles. The standard InChI is InChI=1S/C9H12FN3O3/c10-6-7(8(15)11-2-1-4-14)12-13-3-5-16-9(6)13/h14H,1-5H2,(H,11,15). The molecule has 0 aliphatic carbocycles. The van der Waals surface area contributed by atoms with E-state index < -0.39 is 11.7 Å². The van der Waals surface area contributed by atoms with Crippen molar-refractivity contribution in [1.29, 1.82) is 0 Å². The lowest BCUT2D eigenvalue weighted by Gasteiger charge is -2.01. The third-order valence-electron chi connectivity index (χ3n) is 2.23. The maximum atomic E-state index is 13.6. The monoisotopic (exact) mass is 229 g/mol. The van der Waals surface area contributed by atoms with Crippen LogP contribution in [0.1, 0.15) is 16.9 Å². The van der Waals surface area contributed by atoms with Gasteiger partial charge in [0.2, 0.25) is 11.7 Å². The van der Waals surface area contributed by atoms with Crippen LogP contribution in [0.4, 0.5) is 4.39 Å². The summed E-state index contributed by atoms with van der Waals surface area (Å²) >= 11 is 0. The molecular formula is C9H12FN3O3. The summed E-state index contributed by atoms with van der Waals surface area (Å²) in [6.07, 6.45) is 0.428. The molecule has 0 atom stereocenters. The average Bonchev–Trinajstić information content (AvgIpc) is 2.82. The van der Waals surface area contributed by atoms with Crippen molar-refractivity contribution in [1.82, 2.24) is 15.1 Å². The van der Waals surface area contributed by atoms with Gasteiger partial charge in [0, 0.05) is 13.2 Å². The van der Waals surface area contributed by atoms with Crippen LogP contribution in [0, 0.1) is 5.82 Å². The van der Waals surface area contributed by atoms with E-state index in [-0.39, 0.29) is 24.7 Å². The smallest absolute Gasteiger partial charge is 0.275 e. The molecule has 0 radical (unpaired) electrons. The van der Waals surface area contributed by atoms with Gasteiger partial charge in [-0.05, 0) is 6.42 Å². The van der Waals surface area contributed by atoms with E-state index in [1.165, 1.54) is 4.68 Å². The Morgan fingerprint density at radius 2 is 2.50 bits per heavy atom. The highest BCUT2D eigenvalue weighted by molar-refractivity contribution is 5.92. The van der Waals surface area contributed by atoms with Gasteiger partial charge in [0.05, 0.1) is 6.54 Å². The summed E-state index contributed by atoms with van der Waals surface area (Å²) in [7, 11) is 0. The number of ether oxygens (including phenoxy) is 1. The number of rotatable bonds is 4. The van der Waals surface area contributed by atoms with E-state index in [4.69, 9.17) is 9.84 Å². The number of fused-ring (bicyclic) bond motifs is 1. The lowest BCUT2D eigenvalue weighted by Crippen LogP contribution is -2.26. The number of carbonyl (C=O) groups excluding carboxylic acids is 1. The molecule has 88 valence electrons. The van der Waals surface area contributed by atoms with Gasteiger partial charge in [-0.2, -0.15) is 9.49 Å². The fraction of sp³-hybridized carbons (Fsp3) is 0.556. The Hall–Kier alpha value is -1.63. The second-order valence-corrected chi connectivity index (χ2v) is 3.37. The Balaban J connectivity index is 2.06. The average molecular weight is 229 g/mol. The van der Waals surface area contributed by atoms with Gasteiger partial charge in [-0.1, -0.05) is 0 Å². The molecule has 0 bridgehead atoms. The molecule has 7 heteroatoms. The van der Waals surface area contributed by atoms with Gasteiger partial charge >= 0.3 is 0 Å². The van der Waals surface area contributed by atoms with Crippen LogP contribution in [0.2, 0.25) is 0 Å². The Morgan fingerprint density at radius 3 is 3.19 bits per heavy atom. The zero-order chi connectivity index (χ0) is 11.5. The molecule has 1 aliphatic rings. The van der Waals surface area contributed by atoms with Crippen molar-refractivity contribution in [2.24, 2.45) is 0 Å². The van der Waals surface area contributed by atoms with Crippen LogP contribution >= 0.6 is 0 Å². The van der Waals surface area contributed by atoms with Gasteiger partial charge < -0.3 is 15.2 Å². The van der Waals surface area contributed by atoms with E-state index >= 15 is 0 Å². The van der Waals surface area contributed by atoms with Crippen molar-refractivity contribution in [2.45, 2.75) is 13.0 Å². The van der Waals surface area contributed by atoms with E-state index in [0.717, 1.165) is 0 Å². The van der Waals surface area contributed by atoms with Gasteiger partial charge in [0.15, 0.2) is 5.69 Å². The number of nitrogens with zero attached hydrogens (tertiary/aromatic N) is 2. The minimum absolute atomic E-state index is 0.0207. The molecule has 2 rings (SSSR count). The van der Waals surface area contributed by atoms with Crippen molar-refractivity contribution in [3.8, 4) is 5.88 Å². The first-order valence-corrected chi connectivity index (χ1v) is 5.02. The summed E-state index contributed by atoms with van der Waals surface area (Å²) in [6.45, 7) is 1.10. The number of nitrogens with one attached hydrogen (secondary N) is 1. The van der Waals surface area contributed by atoms with Crippen molar-refractivity contribution in [3.63, 3.8) is 0 Å². The summed E-state index contributed by atoms with van der Waals surface area (Å²) in [4.78, 5) is 11.5. The minimum Gasteiger partial charge on any atom is -0.474 e. The number of hydrogen-bond acceptors (Lipinski definition) is 4. The summed E-state index contributed by atoms with van der Waals surface area (Å²) in [6, 6.07) is 0. The molecule has 1 amide bonds. The molecule has 0 fully saturated rings. The number of hydrogen-bond donors (Lipinski definition) is 2. The van der Waals surface area contributed by atoms with Crippen molar-refractivity contribution < 1.29 is 19.0 Å². The highest BCUT2D eigenvalue weighted by Gasteiger charge is 2.27. The molecule has 0 unspecified atom stereocenters. The first-order chi connectivity index (χ1) is 7.74. The fourth-order valence-corrected chi connectivity index (χ4v) is 1.45. The summed E-state index contributed by atoms with van der Waals surface area (Å²) in [5.74, 6) is -1.29. The lowest BCUT2D eigenvalue weighted by molar-refractivity contribution is 0.0940. The molecule has 1 aromatic heterocycles. The van der Waals surface area contributed by atoms with Crippen LogP contribution in [-0.4, -0.2) is 40.6 Å². The number of carbonyl (C=O) groups is 1. The Bertz CT molecular complexity index is 405. The largest absolute Gasteiger partial charge is 0.474 e. The predicted octanol–water partition coefficient (Wildman–Crippen LogP) is -0.473. The van der Waals surface area contributed by atoms with Crippen LogP contribution in [0.25, 0.3) is 0 Å². The molecule has 0 saturated heterocycles. The van der Waals surface area contributed by atoms with E-state index in [1.807, 2.05) is 0 Å². The SMILES string of the molecule is O=C(NCCCO)c1nn2c(c1F)OCC2. The Morgan fingerprint density at radius 1 is 1.69 bits per heavy atom. The quantitative estimate of drug-likeness (QED) is 0.684. The van der Waals surface area contributed by atoms with Gasteiger partial charge in [-0.15, -0.1) is 0 Å². The first-order valence-electron chi connectivity index (χ1n) is 5.02. The highest BCUT2D eigenvalue weighted by Crippen LogP contribution is 2.24. The Labute approximate surface area is 91.0 Å². The van der Waals surface area contributed by atoms with Gasteiger partial charge in [0.1, 0.15) is 6.61 Å². The third kappa shape index (κ3) is 1.85. The Kier molecular flexibility index (Phi) is 3.04. The number of halogens is 1. The zero-order valence-electron chi connectivity index (χ0n) is 8.57. The summed E-state index contributed by atoms with van der Waals surface area (Å²) in [5, 5.41) is 14.8. The van der Waals surface area contributed by atoms with Crippen molar-refractivity contribution >= 4 is 5.91 Å². The number of aliphatic hydroxyl groups excluding tert-OH is 1. The van der Waals surface area contributed by atoms with Crippen LogP contribution in [-0.2, 0) is 6.54 Å². The highest BCUT2D eigenvalue weighted by atomic mass is 19.1. The second-order valence-electron chi connectivity index (χ2n) is 3.37. The predicted molar refractivity (Wildman–Crippen MR) is 51.7 cm³/mol. The maximum absolute atomic E-state index is 13.6. The molecule has 1 aromatic rings. The molecule has 0 saturated carbocycles. The van der Waals surface area contributed by atoms with E-state index in [2.05, 4.69) is 10.4 Å². The minimum atomic E-state index is -0.723. The van der Waals surface area contributed by atoms with Gasteiger partial charge in [0.25, 0.3) is 5.91 Å². The summed E-state index contributed by atoms with van der Waals surface area (Å²) in [5.41, 5.74) is -0.257. The van der Waals surface area contributed by atoms with Crippen LogP contribution < -0.4 is 10.1 Å². The fourth-order valence-electron chi connectivity index (χ4n) is 1.45. The molecule has 0 spiro atoms. The van der Waals surface area contributed by atoms with Crippen LogP contribution in [0.5, 0.6) is 5.88 Å². The molecule has 1 aliphatic heterocycles. The topological polar surface area (TPSA) is 76.4 Å². The van der Waals surface area contributed by atoms with Crippen LogP contribution in [0.15, 0.2) is 0 Å². The van der Waals surface area contributed by atoms with Gasteiger partial charge in [-0.25, -0.2) is 4.68 Å². The van der Waals surface area contributed by atoms with Crippen molar-refractivity contribution in [3.05, 3.63) is 11.5 Å². The zero-order valence-corrected chi connectivity index (χ0v) is 8.57. The second kappa shape index (κ2) is 4.48. The third-order valence-corrected chi connectivity index (χ3v) is 2.23. The molecule has 0 aromatic carbocycles. The molecule has 16 heavy (non-hydrogen) atoms. The molecule has 2 N–H and O–H groups in total. The van der Waals surface area contributed by atoms with Crippen LogP contribution in [0.3, 0.4) is 0 Å². The lowest BCUT2D eigenvalue weighted by atomic mass is 10.3. The van der Waals surface area contributed by atoms with E-state index in [9.17, 15) is 9.18 Å². The first kappa shape index (κ1) is 10.9. The normalized spacial score (nSPS) is 13.4.